The lowest BCUT2D eigenvalue weighted by molar-refractivity contribution is -0.205. The Balaban J connectivity index is 1.68. The molecule has 9 nitrogen and oxygen atoms in total. The Morgan fingerprint density at radius 3 is 2.67 bits per heavy atom. The van der Waals surface area contributed by atoms with E-state index in [1.807, 2.05) is 34.6 Å². The van der Waals surface area contributed by atoms with E-state index in [4.69, 9.17) is 36.3 Å². The first-order valence-corrected chi connectivity index (χ1v) is 9.22. The Labute approximate surface area is 162 Å². The molecule has 0 spiro atoms. The predicted octanol–water partition coefficient (Wildman–Crippen LogP) is 2.29. The largest absolute Gasteiger partial charge is 0.382 e. The summed E-state index contributed by atoms with van der Waals surface area (Å²) in [5, 5.41) is 0.0489. The van der Waals surface area contributed by atoms with Gasteiger partial charge >= 0.3 is 0 Å². The van der Waals surface area contributed by atoms with Gasteiger partial charge in [-0.2, -0.15) is 9.97 Å². The third kappa shape index (κ3) is 3.50. The minimum absolute atomic E-state index is 0.0489. The Kier molecular flexibility index (Phi) is 4.36. The summed E-state index contributed by atoms with van der Waals surface area (Å²) in [5.41, 5.74) is 6.58. The first-order chi connectivity index (χ1) is 12.5. The highest BCUT2D eigenvalue weighted by Gasteiger charge is 2.56. The highest BCUT2D eigenvalue weighted by molar-refractivity contribution is 6.28. The van der Waals surface area contributed by atoms with Gasteiger partial charge in [0.05, 0.1) is 18.5 Å². The van der Waals surface area contributed by atoms with Gasteiger partial charge in [0.1, 0.15) is 23.8 Å². The average molecular weight is 398 g/mol. The zero-order valence-electron chi connectivity index (χ0n) is 16.0. The van der Waals surface area contributed by atoms with E-state index in [-0.39, 0.29) is 35.0 Å². The molecular formula is C17H24ClN5O4. The summed E-state index contributed by atoms with van der Waals surface area (Å²) < 4.78 is 26.2. The third-order valence-electron chi connectivity index (χ3n) is 4.50. The third-order valence-corrected chi connectivity index (χ3v) is 4.67. The molecule has 0 bridgehead atoms. The van der Waals surface area contributed by atoms with E-state index in [0.29, 0.717) is 17.8 Å². The van der Waals surface area contributed by atoms with E-state index >= 15 is 0 Å². The molecule has 1 unspecified atom stereocenters. The van der Waals surface area contributed by atoms with Crippen LogP contribution < -0.4 is 5.73 Å². The summed E-state index contributed by atoms with van der Waals surface area (Å²) in [6.07, 6.45) is 0.185. The van der Waals surface area contributed by atoms with E-state index in [0.717, 1.165) is 0 Å². The number of rotatable bonds is 3. The van der Waals surface area contributed by atoms with Crippen molar-refractivity contribution in [1.82, 2.24) is 19.5 Å². The molecule has 0 amide bonds. The van der Waals surface area contributed by atoms with E-state index in [2.05, 4.69) is 15.0 Å². The number of nitrogens with two attached hydrogens (primary N) is 1. The molecule has 148 valence electrons. The highest BCUT2D eigenvalue weighted by Crippen LogP contribution is 2.44. The first kappa shape index (κ1) is 18.8. The molecule has 0 aromatic carbocycles. The molecule has 0 saturated carbocycles. The fourth-order valence-electron chi connectivity index (χ4n) is 3.45. The molecule has 2 fully saturated rings. The normalized spacial score (nSPS) is 30.1. The molecule has 27 heavy (non-hydrogen) atoms. The zero-order chi connectivity index (χ0) is 19.6. The van der Waals surface area contributed by atoms with E-state index in [1.54, 1.807) is 10.9 Å². The number of nitrogen functional groups attached to an aromatic ring is 1. The summed E-state index contributed by atoms with van der Waals surface area (Å²) in [6.45, 7) is 10.1. The van der Waals surface area contributed by atoms with Gasteiger partial charge in [0.15, 0.2) is 23.5 Å². The van der Waals surface area contributed by atoms with Crippen molar-refractivity contribution in [3.63, 3.8) is 0 Å². The first-order valence-electron chi connectivity index (χ1n) is 8.85. The summed E-state index contributed by atoms with van der Waals surface area (Å²) in [5.74, 6) is -0.505. The number of nitrogens with zero attached hydrogens (tertiary/aromatic N) is 4. The van der Waals surface area contributed by atoms with Crippen LogP contribution in [0.15, 0.2) is 6.33 Å². The van der Waals surface area contributed by atoms with Crippen molar-refractivity contribution in [2.75, 3.05) is 12.3 Å². The number of fused-ring (bicyclic) bond motifs is 2. The maximum absolute atomic E-state index is 6.25. The number of anilines is 1. The van der Waals surface area contributed by atoms with Crippen LogP contribution in [-0.2, 0) is 18.9 Å². The van der Waals surface area contributed by atoms with E-state index in [9.17, 15) is 0 Å². The second-order valence-electron chi connectivity index (χ2n) is 8.26. The lowest BCUT2D eigenvalue weighted by Gasteiger charge is -2.27. The van der Waals surface area contributed by atoms with Crippen molar-refractivity contribution in [2.24, 2.45) is 0 Å². The fourth-order valence-corrected chi connectivity index (χ4v) is 3.62. The lowest BCUT2D eigenvalue weighted by Crippen LogP contribution is -2.35. The number of hydrogen-bond acceptors (Lipinski definition) is 8. The van der Waals surface area contributed by atoms with Gasteiger partial charge in [-0.25, -0.2) is 4.98 Å². The molecule has 10 heteroatoms. The van der Waals surface area contributed by atoms with Crippen molar-refractivity contribution in [1.29, 1.82) is 0 Å². The molecule has 2 saturated heterocycles. The van der Waals surface area contributed by atoms with Crippen LogP contribution in [0, 0.1) is 0 Å². The van der Waals surface area contributed by atoms with Crippen LogP contribution in [-0.4, -0.2) is 55.8 Å². The zero-order valence-corrected chi connectivity index (χ0v) is 16.7. The maximum Gasteiger partial charge on any atom is 0.226 e. The van der Waals surface area contributed by atoms with Gasteiger partial charge in [0.25, 0.3) is 0 Å². The van der Waals surface area contributed by atoms with Gasteiger partial charge in [0, 0.05) is 0 Å². The van der Waals surface area contributed by atoms with Gasteiger partial charge in [-0.05, 0) is 46.2 Å². The monoisotopic (exact) mass is 397 g/mol. The Morgan fingerprint density at radius 1 is 1.26 bits per heavy atom. The fraction of sp³-hybridized carbons (Fsp3) is 0.706. The molecule has 4 rings (SSSR count). The smallest absolute Gasteiger partial charge is 0.226 e. The summed E-state index contributed by atoms with van der Waals surface area (Å²) in [4.78, 5) is 12.5. The number of halogens is 1. The molecule has 4 atom stereocenters. The van der Waals surface area contributed by atoms with Gasteiger partial charge in [-0.3, -0.25) is 4.57 Å². The van der Waals surface area contributed by atoms with Crippen LogP contribution in [0.25, 0.3) is 11.2 Å². The highest BCUT2D eigenvalue weighted by atomic mass is 35.5. The van der Waals surface area contributed by atoms with Gasteiger partial charge in [0.2, 0.25) is 5.28 Å². The summed E-state index contributed by atoms with van der Waals surface area (Å²) in [6, 6.07) is 0. The molecule has 0 aliphatic carbocycles. The molecule has 0 radical (unpaired) electrons. The second-order valence-corrected chi connectivity index (χ2v) is 8.59. The summed E-state index contributed by atoms with van der Waals surface area (Å²) >= 11 is 5.98. The number of aromatic nitrogens is 4. The standard InChI is InChI=1S/C17H24ClN5O4/c1-16(2,3)24-6-8-10-11(27-17(4,5)26-10)14(25-8)23-7-20-9-12(19)21-15(18)22-13(9)23/h7-8,10-11,14H,6H2,1-5H3,(H2,19,21,22)/t8-,10+,11?,14-/m1/s1. The lowest BCUT2D eigenvalue weighted by atomic mass is 10.1. The second kappa shape index (κ2) is 6.25. The van der Waals surface area contributed by atoms with Crippen molar-refractivity contribution in [2.45, 2.75) is 70.5 Å². The number of imidazole rings is 1. The molecule has 4 heterocycles. The average Bonchev–Trinajstić information content (AvgIpc) is 3.15. The minimum atomic E-state index is -0.723. The van der Waals surface area contributed by atoms with Gasteiger partial charge < -0.3 is 24.7 Å². The Morgan fingerprint density at radius 2 is 1.96 bits per heavy atom. The predicted molar refractivity (Wildman–Crippen MR) is 98.2 cm³/mol. The SMILES string of the molecule is CC(C)(C)OC[C@H]1O[C@@H](n2cnc3c(N)nc(Cl)nc32)C2OC(C)(C)O[C@H]21. The Bertz CT molecular complexity index is 865. The van der Waals surface area contributed by atoms with Crippen LogP contribution in [0.2, 0.25) is 5.28 Å². The van der Waals surface area contributed by atoms with Crippen LogP contribution in [0.1, 0.15) is 40.8 Å². The van der Waals surface area contributed by atoms with Gasteiger partial charge in [-0.15, -0.1) is 0 Å². The van der Waals surface area contributed by atoms with Crippen molar-refractivity contribution >= 4 is 28.6 Å². The van der Waals surface area contributed by atoms with Crippen LogP contribution >= 0.6 is 11.6 Å². The quantitative estimate of drug-likeness (QED) is 0.786. The van der Waals surface area contributed by atoms with Crippen molar-refractivity contribution < 1.29 is 18.9 Å². The topological polar surface area (TPSA) is 107 Å². The molecule has 2 aromatic rings. The minimum Gasteiger partial charge on any atom is -0.382 e. The van der Waals surface area contributed by atoms with Crippen LogP contribution in [0.5, 0.6) is 0 Å². The molecule has 2 aliphatic heterocycles. The molecular weight excluding hydrogens is 374 g/mol. The van der Waals surface area contributed by atoms with Gasteiger partial charge in [-0.1, -0.05) is 0 Å². The summed E-state index contributed by atoms with van der Waals surface area (Å²) in [7, 11) is 0. The van der Waals surface area contributed by atoms with E-state index < -0.39 is 12.0 Å². The number of ether oxygens (including phenoxy) is 4. The van der Waals surface area contributed by atoms with E-state index in [1.165, 1.54) is 0 Å². The van der Waals surface area contributed by atoms with Crippen LogP contribution in [0.4, 0.5) is 5.82 Å². The number of hydrogen-bond donors (Lipinski definition) is 1. The molecule has 2 aliphatic rings. The molecule has 2 aromatic heterocycles. The van der Waals surface area contributed by atoms with Crippen molar-refractivity contribution in [3.8, 4) is 0 Å². The molecule has 2 N–H and O–H groups in total. The van der Waals surface area contributed by atoms with Crippen molar-refractivity contribution in [3.05, 3.63) is 11.6 Å². The Hall–Kier alpha value is -1.52. The maximum atomic E-state index is 6.25. The van der Waals surface area contributed by atoms with Crippen LogP contribution in [0.3, 0.4) is 0 Å².